The van der Waals surface area contributed by atoms with Gasteiger partial charge in [-0.2, -0.15) is 29.5 Å². The zero-order valence-corrected chi connectivity index (χ0v) is 54.8. The number of aliphatic hydroxyl groups excluding tert-OH is 15. The van der Waals surface area contributed by atoms with Crippen molar-refractivity contribution >= 4 is 134 Å². The summed E-state index contributed by atoms with van der Waals surface area (Å²) in [4.78, 5) is 47.6. The van der Waals surface area contributed by atoms with Gasteiger partial charge in [-0.3, -0.25) is 14.4 Å². The lowest BCUT2D eigenvalue weighted by molar-refractivity contribution is -0.286. The average molecular weight is 1380 g/mol. The molecule has 16 rings (SSSR count). The predicted octanol–water partition coefficient (Wildman–Crippen LogP) is 1.42. The highest BCUT2D eigenvalue weighted by molar-refractivity contribution is 6.92. The van der Waals surface area contributed by atoms with Crippen LogP contribution >= 0.6 is 29.5 Å². The van der Waals surface area contributed by atoms with Gasteiger partial charge in [0.05, 0.1) is 50.2 Å². The highest BCUT2D eigenvalue weighted by Gasteiger charge is 2.46. The molecule has 18 N–H and O–H groups in total. The van der Waals surface area contributed by atoms with Crippen LogP contribution in [0.1, 0.15) is 71.7 Å². The third-order valence-electron chi connectivity index (χ3n) is 18.4. The number of ketones is 3. The fourth-order valence-electron chi connectivity index (χ4n) is 13.5. The van der Waals surface area contributed by atoms with Crippen molar-refractivity contribution in [3.63, 3.8) is 0 Å². The van der Waals surface area contributed by atoms with Crippen molar-refractivity contribution in [2.45, 2.75) is 163 Å². The Bertz CT molecular complexity index is 4530. The van der Waals surface area contributed by atoms with Gasteiger partial charge in [0, 0.05) is 83.6 Å². The molecule has 10 aromatic rings. The molecular formula is C66H81N4O22P3. The molecule has 0 spiro atoms. The molecule has 6 aromatic carbocycles. The minimum atomic E-state index is -1.52. The lowest BCUT2D eigenvalue weighted by Crippen LogP contribution is -2.58. The van der Waals surface area contributed by atoms with Gasteiger partial charge in [0.2, 0.25) is 4.29 Å². The highest BCUT2D eigenvalue weighted by atomic mass is 31.0. The summed E-state index contributed by atoms with van der Waals surface area (Å²) in [6.07, 6.45) is -20.5. The third kappa shape index (κ3) is 12.8. The van der Waals surface area contributed by atoms with E-state index < -0.39 is 129 Å². The van der Waals surface area contributed by atoms with E-state index in [1.165, 1.54) is 30.2 Å². The second-order valence-electron chi connectivity index (χ2n) is 24.0. The SMILES string of the molecule is CC1O[C@H](n2c3ccccc3c3c4c(c5c6ccccc6[nH]c5c32)CCC4=O)C(O)[C@@H](O)[C@H]1O.O=C1CCc2c1c1c3ccccc3[nH]c1c1[nH]c3ccccc3c21.[2H]P.[2H]P.[2H]P.[3H]O[C@H]1OC(C)C(=O)[C@H](O)C1O.[3H]O[C@H]1OC(C)[C@H](O)[C@H](O)C1O.[3H]O[C@H]1OC(CO)C(O)[C@H](O)C1O. The second-order valence-corrected chi connectivity index (χ2v) is 24.0. The number of ether oxygens (including phenoxy) is 4. The number of aromatic amines is 3. The summed E-state index contributed by atoms with van der Waals surface area (Å²) in [5.41, 5.74) is 11.7. The molecule has 8 heterocycles. The number of nitrogens with zero attached hydrogens (tertiary/aromatic N) is 1. The summed E-state index contributed by atoms with van der Waals surface area (Å²) in [6.45, 7) is 4.10. The maximum Gasteiger partial charge on any atom is 0.213 e. The first kappa shape index (κ1) is 65.0. The molecule has 95 heavy (non-hydrogen) atoms. The standard InChI is InChI=1S/C27H24N2O5.C21H14N2O.C6H12O6.C6H12O5.C6H10O5.3H3P/c1-12-24(31)25(32)26(33)27(34-12)29-17-9-5-3-7-14(17)21-20-15(10-11-18(20)30)19-13-6-2-4-8-16(13)28-22(19)23(21)29;24-16-10-9-13-17-11-5-1-3-7-14(11)22-20(17)21-19(18(13)16)12-6-2-4-8-15(12)23-21;7-1-2-3(8)4(9)5(10)6(11)12-2;2*1-2-3(7)4(8)5(9)6(10)11-2;;;/h2-9,12,24-28,31-33H,10-11H2,1H3;1-8,22-23H,9-10H2;2-11H,1H2;2-10H,1H3;2,4-6,8-10H,1H3;3*1H3/t12?,24-,25-,26?,27-;;2?,3?,4-,5?,6-;2?,3-,4-,5?,6-;2?,4-,5?,6-;;;/m0.000.../s1/i;;11T;2*10T;3*1D. The van der Waals surface area contributed by atoms with E-state index in [9.17, 15) is 50.1 Å². The van der Waals surface area contributed by atoms with Crippen molar-refractivity contribution in [1.29, 1.82) is 8.13 Å². The number of aromatic nitrogens is 4. The number of H-pyrrole nitrogens is 3. The Kier molecular flexibility index (Phi) is 20.0. The van der Waals surface area contributed by atoms with Gasteiger partial charge in [-0.1, -0.05) is 72.8 Å². The molecule has 4 aliphatic heterocycles. The Morgan fingerprint density at radius 3 is 1.43 bits per heavy atom. The minimum Gasteiger partial charge on any atom is -0.394 e. The van der Waals surface area contributed by atoms with Crippen LogP contribution < -0.4 is 0 Å². The molecule has 22 atom stereocenters. The van der Waals surface area contributed by atoms with Gasteiger partial charge < -0.3 is 115 Å². The van der Waals surface area contributed by atoms with Crippen LogP contribution in [0.4, 0.5) is 0 Å². The molecule has 26 nitrogen and oxygen atoms in total. The maximum absolute atomic E-state index is 13.2. The molecule has 4 fully saturated rings. The van der Waals surface area contributed by atoms with Gasteiger partial charge in [-0.25, -0.2) is 0 Å². The minimum absolute atomic E-state index is 0.115. The number of rotatable bonds is 5. The highest BCUT2D eigenvalue weighted by Crippen LogP contribution is 2.48. The van der Waals surface area contributed by atoms with E-state index in [1.54, 1.807) is 36.5 Å². The van der Waals surface area contributed by atoms with E-state index in [-0.39, 0.29) is 11.6 Å². The smallest absolute Gasteiger partial charge is 0.213 e. The summed E-state index contributed by atoms with van der Waals surface area (Å²) < 4.78 is 58.8. The van der Waals surface area contributed by atoms with E-state index in [0.29, 0.717) is 19.3 Å². The number of aliphatic hydroxyl groups is 15. The maximum atomic E-state index is 13.2. The molecule has 512 valence electrons. The predicted molar refractivity (Wildman–Crippen MR) is 364 cm³/mol. The van der Waals surface area contributed by atoms with Crippen LogP contribution in [0.3, 0.4) is 0 Å². The van der Waals surface area contributed by atoms with Crippen molar-refractivity contribution in [3.8, 4) is 0 Å². The summed E-state index contributed by atoms with van der Waals surface area (Å²) >= 11 is 0. The zero-order valence-electron chi connectivity index (χ0n) is 57.4. The molecule has 4 aromatic heterocycles. The first-order valence-corrected chi connectivity index (χ1v) is 30.2. The zero-order chi connectivity index (χ0) is 73.7. The van der Waals surface area contributed by atoms with Crippen molar-refractivity contribution in [3.05, 3.63) is 119 Å². The molecule has 2 aliphatic carbocycles. The topological polar surface area (TPSA) is 444 Å². The van der Waals surface area contributed by atoms with Crippen molar-refractivity contribution < 1.29 is 110 Å². The van der Waals surface area contributed by atoms with E-state index in [1.807, 2.05) is 65.2 Å². The van der Waals surface area contributed by atoms with Crippen LogP contribution in [0.5, 0.6) is 0 Å². The number of benzene rings is 6. The number of hydrogen-bond acceptors (Lipinski definition) is 22. The second kappa shape index (κ2) is 29.2. The van der Waals surface area contributed by atoms with Gasteiger partial charge in [-0.05, 0) is 69.0 Å². The van der Waals surface area contributed by atoms with Gasteiger partial charge in [0.15, 0.2) is 42.4 Å². The van der Waals surface area contributed by atoms with Gasteiger partial charge in [-0.15, -0.1) is 0 Å². The molecule has 6 aliphatic rings. The molecule has 0 radical (unpaired) electrons. The number of Topliss-reactive ketones (excluding diaryl/α,β-unsaturated/α-hetero) is 3. The number of carbonyl (C=O) groups is 3. The van der Waals surface area contributed by atoms with Crippen LogP contribution in [0.2, 0.25) is 0 Å². The molecule has 12 unspecified atom stereocenters. The number of para-hydroxylation sites is 4. The Labute approximate surface area is 558 Å². The normalized spacial score (nSPS) is 31.7. The number of fused-ring (bicyclic) bond motifs is 20. The Morgan fingerprint density at radius 1 is 0.474 bits per heavy atom. The van der Waals surface area contributed by atoms with Gasteiger partial charge in [0.25, 0.3) is 0 Å². The fraction of sp³-hybridized carbons (Fsp3) is 0.409. The van der Waals surface area contributed by atoms with E-state index in [2.05, 4.69) is 66.7 Å². The summed E-state index contributed by atoms with van der Waals surface area (Å²) in [6, 6.07) is 32.4. The molecule has 29 heteroatoms. The quantitative estimate of drug-likeness (QED) is 0.108. The summed E-state index contributed by atoms with van der Waals surface area (Å²) in [5.74, 6) is -0.216. The fourth-order valence-corrected chi connectivity index (χ4v) is 13.5. The summed E-state index contributed by atoms with van der Waals surface area (Å²) in [7, 11) is 5.00. The Balaban J connectivity index is 0.000000155. The lowest BCUT2D eigenvalue weighted by atomic mass is 9.96. The molecular weight excluding hydrogens is 1290 g/mol. The lowest BCUT2D eigenvalue weighted by Gasteiger charge is -2.40. The van der Waals surface area contributed by atoms with Crippen molar-refractivity contribution in [2.24, 2.45) is 0 Å². The van der Waals surface area contributed by atoms with E-state index in [4.69, 9.17) is 52.6 Å². The Morgan fingerprint density at radius 2 is 0.895 bits per heavy atom. The third-order valence-corrected chi connectivity index (χ3v) is 18.4. The van der Waals surface area contributed by atoms with E-state index in [0.717, 1.165) is 99.6 Å². The Hall–Kier alpha value is -5.94. The molecule has 0 saturated carbocycles. The van der Waals surface area contributed by atoms with Crippen LogP contribution in [-0.4, -0.2) is 239 Å². The number of nitrogens with one attached hydrogen (secondary N) is 3. The van der Waals surface area contributed by atoms with Gasteiger partial charge >= 0.3 is 0 Å². The monoisotopic (exact) mass is 1380 g/mol. The number of hydrogen-bond donors (Lipinski definition) is 18. The van der Waals surface area contributed by atoms with Crippen LogP contribution in [0, 0.1) is 0 Å². The van der Waals surface area contributed by atoms with E-state index >= 15 is 0 Å². The molecule has 0 bridgehead atoms. The van der Waals surface area contributed by atoms with Crippen LogP contribution in [-0.2, 0) is 36.6 Å². The van der Waals surface area contributed by atoms with Crippen molar-refractivity contribution in [1.82, 2.24) is 19.5 Å². The summed E-state index contributed by atoms with van der Waals surface area (Å²) in [5, 5.41) is 134. The van der Waals surface area contributed by atoms with Crippen LogP contribution in [0.15, 0.2) is 97.1 Å². The van der Waals surface area contributed by atoms with Gasteiger partial charge in [0.1, 0.15) is 79.4 Å². The number of carbonyl (C=O) groups excluding carboxylic acids is 3. The number of aryl methyl sites for hydroxylation is 2. The molecule has 4 saturated heterocycles. The average Bonchev–Trinajstić information content (AvgIpc) is 1.54. The van der Waals surface area contributed by atoms with Crippen molar-refractivity contribution in [2.75, 3.05) is 6.61 Å². The first-order chi connectivity index (χ1) is 48.6. The molecule has 0 amide bonds. The van der Waals surface area contributed by atoms with Crippen LogP contribution in [0.25, 0.3) is 87.2 Å². The largest absolute Gasteiger partial charge is 0.394 e. The first-order valence-electron chi connectivity index (χ1n) is 33.1.